The third-order valence-electron chi connectivity index (χ3n) is 5.10. The van der Waals surface area contributed by atoms with Crippen LogP contribution < -0.4 is 5.73 Å². The van der Waals surface area contributed by atoms with Gasteiger partial charge < -0.3 is 10.5 Å². The third kappa shape index (κ3) is 4.64. The molecule has 24 heavy (non-hydrogen) atoms. The Balaban J connectivity index is 3.16. The molecular weight excluding hydrogens is 334 g/mol. The quantitative estimate of drug-likeness (QED) is 0.527. The Morgan fingerprint density at radius 3 is 1.79 bits per heavy atom. The van der Waals surface area contributed by atoms with E-state index in [-0.39, 0.29) is 12.1 Å². The highest BCUT2D eigenvalue weighted by Crippen LogP contribution is 2.40. The van der Waals surface area contributed by atoms with Crippen LogP contribution in [0.15, 0.2) is 24.3 Å². The average molecular weight is 366 g/mol. The van der Waals surface area contributed by atoms with Crippen LogP contribution in [0.4, 0.5) is 0 Å². The smallest absolute Gasteiger partial charge is 0.146 e. The summed E-state index contributed by atoms with van der Waals surface area (Å²) >= 11 is 5.97. The van der Waals surface area contributed by atoms with Crippen LogP contribution in [0.2, 0.25) is 21.6 Å². The predicted molar refractivity (Wildman–Crippen MR) is 108 cm³/mol. The second-order valence-corrected chi connectivity index (χ2v) is 13.4. The molecule has 0 unspecified atom stereocenters. The molecule has 134 valence electrons. The van der Waals surface area contributed by atoms with Gasteiger partial charge in [-0.15, -0.1) is 5.54 Å². The lowest BCUT2D eigenvalue weighted by Gasteiger charge is -2.38. The van der Waals surface area contributed by atoms with Crippen LogP contribution in [-0.2, 0) is 4.74 Å². The van der Waals surface area contributed by atoms with Crippen molar-refractivity contribution >= 4 is 19.7 Å². The summed E-state index contributed by atoms with van der Waals surface area (Å²) in [5.74, 6) is 3.36. The fourth-order valence-electron chi connectivity index (χ4n) is 3.86. The number of methoxy groups -OCH3 is 1. The maximum absolute atomic E-state index is 6.40. The lowest BCUT2D eigenvalue weighted by Crippen LogP contribution is -2.44. The topological polar surface area (TPSA) is 35.2 Å². The number of hydrogen-bond donors (Lipinski definition) is 1. The standard InChI is InChI=1S/C20H32ClNOSi/c1-14(2)24(15(3)4,16(5)6)13-12-19(22)20(23-7)17-8-10-18(21)11-9-17/h8-11,14-16,19-20H,22H2,1-7H3/t19-,20+/m0/s1. The minimum Gasteiger partial charge on any atom is -0.374 e. The fraction of sp³-hybridized carbons (Fsp3) is 0.600. The van der Waals surface area contributed by atoms with Crippen molar-refractivity contribution in [3.8, 4) is 11.5 Å². The Labute approximate surface area is 154 Å². The largest absolute Gasteiger partial charge is 0.374 e. The van der Waals surface area contributed by atoms with Crippen molar-refractivity contribution in [1.82, 2.24) is 0 Å². The first-order valence-corrected chi connectivity index (χ1v) is 11.3. The van der Waals surface area contributed by atoms with E-state index in [1.165, 1.54) is 0 Å². The van der Waals surface area contributed by atoms with Crippen LogP contribution in [0.3, 0.4) is 0 Å². The first kappa shape index (κ1) is 21.2. The van der Waals surface area contributed by atoms with E-state index in [0.29, 0.717) is 21.6 Å². The van der Waals surface area contributed by atoms with Gasteiger partial charge in [0.1, 0.15) is 14.2 Å². The molecule has 1 aromatic rings. The van der Waals surface area contributed by atoms with Gasteiger partial charge in [0, 0.05) is 12.1 Å². The molecule has 1 rings (SSSR count). The second-order valence-electron chi connectivity index (χ2n) is 7.40. The summed E-state index contributed by atoms with van der Waals surface area (Å²) in [6.07, 6.45) is -0.243. The van der Waals surface area contributed by atoms with E-state index in [9.17, 15) is 0 Å². The van der Waals surface area contributed by atoms with E-state index in [1.807, 2.05) is 24.3 Å². The molecule has 0 bridgehead atoms. The van der Waals surface area contributed by atoms with E-state index in [4.69, 9.17) is 22.1 Å². The summed E-state index contributed by atoms with van der Waals surface area (Å²) in [5, 5.41) is 0.708. The minimum atomic E-state index is -1.78. The Morgan fingerprint density at radius 1 is 0.958 bits per heavy atom. The molecule has 0 spiro atoms. The lowest BCUT2D eigenvalue weighted by molar-refractivity contribution is 0.0949. The number of ether oxygens (including phenoxy) is 1. The molecule has 0 aliphatic carbocycles. The second kappa shape index (κ2) is 9.06. The Kier molecular flexibility index (Phi) is 8.02. The van der Waals surface area contributed by atoms with Crippen molar-refractivity contribution in [2.45, 2.75) is 70.3 Å². The summed E-state index contributed by atoms with van der Waals surface area (Å²) in [6, 6.07) is 7.28. The van der Waals surface area contributed by atoms with Crippen molar-refractivity contribution in [2.75, 3.05) is 7.11 Å². The SMILES string of the molecule is CO[C@H](c1ccc(Cl)cc1)[C@@H](N)C#C[Si](C(C)C)(C(C)C)C(C)C. The zero-order chi connectivity index (χ0) is 18.5. The molecule has 2 N–H and O–H groups in total. The van der Waals surface area contributed by atoms with E-state index < -0.39 is 8.07 Å². The molecule has 0 fully saturated rings. The Bertz CT molecular complexity index is 550. The molecule has 0 amide bonds. The summed E-state index contributed by atoms with van der Waals surface area (Å²) in [4.78, 5) is 0. The molecular formula is C20H32ClNOSi. The Morgan fingerprint density at radius 2 is 1.42 bits per heavy atom. The normalized spacial score (nSPS) is 14.7. The molecule has 0 aliphatic heterocycles. The maximum Gasteiger partial charge on any atom is 0.146 e. The van der Waals surface area contributed by atoms with E-state index in [1.54, 1.807) is 7.11 Å². The summed E-state index contributed by atoms with van der Waals surface area (Å²) in [5.41, 5.74) is 12.9. The van der Waals surface area contributed by atoms with Gasteiger partial charge >= 0.3 is 0 Å². The van der Waals surface area contributed by atoms with Gasteiger partial charge in [-0.2, -0.15) is 0 Å². The molecule has 4 heteroatoms. The van der Waals surface area contributed by atoms with Crippen molar-refractivity contribution in [3.63, 3.8) is 0 Å². The lowest BCUT2D eigenvalue weighted by atomic mass is 10.0. The molecule has 2 atom stereocenters. The van der Waals surface area contributed by atoms with Crippen LogP contribution >= 0.6 is 11.6 Å². The van der Waals surface area contributed by atoms with Crippen LogP contribution in [0.25, 0.3) is 0 Å². The van der Waals surface area contributed by atoms with Crippen LogP contribution in [-0.4, -0.2) is 21.2 Å². The number of halogens is 1. The highest BCUT2D eigenvalue weighted by atomic mass is 35.5. The number of benzene rings is 1. The minimum absolute atomic E-state index is 0.243. The third-order valence-corrected chi connectivity index (χ3v) is 11.7. The zero-order valence-corrected chi connectivity index (χ0v) is 17.8. The first-order valence-electron chi connectivity index (χ1n) is 8.73. The predicted octanol–water partition coefficient (Wildman–Crippen LogP) is 5.58. The number of rotatable bonds is 6. The van der Waals surface area contributed by atoms with Gasteiger partial charge in [-0.05, 0) is 34.3 Å². The highest BCUT2D eigenvalue weighted by molar-refractivity contribution is 6.90. The van der Waals surface area contributed by atoms with Gasteiger partial charge in [0.15, 0.2) is 0 Å². The molecule has 0 aliphatic rings. The van der Waals surface area contributed by atoms with Crippen LogP contribution in [0.5, 0.6) is 0 Å². The number of nitrogens with two attached hydrogens (primary N) is 1. The van der Waals surface area contributed by atoms with Gasteiger partial charge in [-0.1, -0.05) is 71.2 Å². The first-order chi connectivity index (χ1) is 11.2. The van der Waals surface area contributed by atoms with Gasteiger partial charge in [0.2, 0.25) is 0 Å². The molecule has 0 heterocycles. The molecule has 1 aromatic carbocycles. The highest BCUT2D eigenvalue weighted by Gasteiger charge is 2.41. The van der Waals surface area contributed by atoms with E-state index in [0.717, 1.165) is 5.56 Å². The number of hydrogen-bond acceptors (Lipinski definition) is 2. The molecule has 0 radical (unpaired) electrons. The van der Waals surface area contributed by atoms with Crippen LogP contribution in [0.1, 0.15) is 53.2 Å². The van der Waals surface area contributed by atoms with Crippen LogP contribution in [0, 0.1) is 11.5 Å². The molecule has 0 aromatic heterocycles. The van der Waals surface area contributed by atoms with Crippen molar-refractivity contribution in [3.05, 3.63) is 34.9 Å². The molecule has 0 saturated heterocycles. The molecule has 0 saturated carbocycles. The molecule has 2 nitrogen and oxygen atoms in total. The van der Waals surface area contributed by atoms with Crippen molar-refractivity contribution in [1.29, 1.82) is 0 Å². The fourth-order valence-corrected chi connectivity index (χ4v) is 9.27. The summed E-state index contributed by atoms with van der Waals surface area (Å²) in [6.45, 7) is 13.8. The summed E-state index contributed by atoms with van der Waals surface area (Å²) < 4.78 is 5.63. The van der Waals surface area contributed by atoms with Crippen molar-refractivity contribution in [2.24, 2.45) is 5.73 Å². The summed E-state index contributed by atoms with van der Waals surface area (Å²) in [7, 11) is -0.0972. The van der Waals surface area contributed by atoms with Gasteiger partial charge in [-0.25, -0.2) is 0 Å². The van der Waals surface area contributed by atoms with Gasteiger partial charge in [0.25, 0.3) is 0 Å². The van der Waals surface area contributed by atoms with E-state index >= 15 is 0 Å². The van der Waals surface area contributed by atoms with E-state index in [2.05, 4.69) is 53.0 Å². The maximum atomic E-state index is 6.40. The van der Waals surface area contributed by atoms with Gasteiger partial charge in [0.05, 0.1) is 6.04 Å². The van der Waals surface area contributed by atoms with Gasteiger partial charge in [-0.3, -0.25) is 0 Å². The average Bonchev–Trinajstić information content (AvgIpc) is 2.49. The zero-order valence-electron chi connectivity index (χ0n) is 16.1. The monoisotopic (exact) mass is 365 g/mol. The Hall–Kier alpha value is -0.793. The van der Waals surface area contributed by atoms with Crippen molar-refractivity contribution < 1.29 is 4.74 Å².